The zero-order valence-corrected chi connectivity index (χ0v) is 14.9. The van der Waals surface area contributed by atoms with Crippen LogP contribution in [0.5, 0.6) is 0 Å². The number of piperidine rings is 1. The third-order valence-corrected chi connectivity index (χ3v) is 4.19. The van der Waals surface area contributed by atoms with Gasteiger partial charge in [-0.25, -0.2) is 4.79 Å². The second-order valence-corrected chi connectivity index (χ2v) is 6.21. The SMILES string of the molecule is CCOC(=O)N1CCC(NC(=O)C(=O)Nc2ccc(C)cc2C)CC1. The molecule has 2 N–H and O–H groups in total. The summed E-state index contributed by atoms with van der Waals surface area (Å²) < 4.78 is 4.96. The Morgan fingerprint density at radius 1 is 1.16 bits per heavy atom. The van der Waals surface area contributed by atoms with Crippen molar-refractivity contribution in [2.45, 2.75) is 39.7 Å². The van der Waals surface area contributed by atoms with Crippen LogP contribution in [-0.4, -0.2) is 48.5 Å². The second kappa shape index (κ2) is 8.50. The lowest BCUT2D eigenvalue weighted by Gasteiger charge is -2.31. The van der Waals surface area contributed by atoms with Gasteiger partial charge >= 0.3 is 17.9 Å². The molecule has 1 saturated heterocycles. The topological polar surface area (TPSA) is 87.7 Å². The van der Waals surface area contributed by atoms with E-state index in [2.05, 4.69) is 10.6 Å². The highest BCUT2D eigenvalue weighted by atomic mass is 16.6. The molecule has 0 aromatic heterocycles. The van der Waals surface area contributed by atoms with E-state index in [-0.39, 0.29) is 12.1 Å². The van der Waals surface area contributed by atoms with E-state index in [1.807, 2.05) is 26.0 Å². The summed E-state index contributed by atoms with van der Waals surface area (Å²) in [6.07, 6.45) is 0.864. The highest BCUT2D eigenvalue weighted by Gasteiger charge is 2.26. The van der Waals surface area contributed by atoms with Gasteiger partial charge in [-0.05, 0) is 45.2 Å². The Morgan fingerprint density at radius 2 is 1.84 bits per heavy atom. The van der Waals surface area contributed by atoms with Crippen molar-refractivity contribution in [1.82, 2.24) is 10.2 Å². The van der Waals surface area contributed by atoms with Gasteiger partial charge in [0.2, 0.25) is 0 Å². The molecule has 0 spiro atoms. The predicted octanol–water partition coefficient (Wildman–Crippen LogP) is 1.98. The number of anilines is 1. The molecule has 2 rings (SSSR count). The molecule has 1 aliphatic heterocycles. The smallest absolute Gasteiger partial charge is 0.409 e. The Hall–Kier alpha value is -2.57. The number of hydrogen-bond acceptors (Lipinski definition) is 4. The van der Waals surface area contributed by atoms with Crippen LogP contribution in [0.2, 0.25) is 0 Å². The van der Waals surface area contributed by atoms with Crippen LogP contribution in [0, 0.1) is 13.8 Å². The molecule has 1 heterocycles. The summed E-state index contributed by atoms with van der Waals surface area (Å²) in [7, 11) is 0. The van der Waals surface area contributed by atoms with Gasteiger partial charge in [-0.2, -0.15) is 0 Å². The highest BCUT2D eigenvalue weighted by Crippen LogP contribution is 2.16. The molecule has 25 heavy (non-hydrogen) atoms. The number of nitrogens with zero attached hydrogens (tertiary/aromatic N) is 1. The van der Waals surface area contributed by atoms with Crippen molar-refractivity contribution in [3.63, 3.8) is 0 Å². The molecule has 0 radical (unpaired) electrons. The monoisotopic (exact) mass is 347 g/mol. The first-order chi connectivity index (χ1) is 11.9. The number of ether oxygens (including phenoxy) is 1. The normalized spacial score (nSPS) is 14.8. The number of hydrogen-bond donors (Lipinski definition) is 2. The standard InChI is InChI=1S/C18H25N3O4/c1-4-25-18(24)21-9-7-14(8-10-21)19-16(22)17(23)20-15-6-5-12(2)11-13(15)3/h5-6,11,14H,4,7-10H2,1-3H3,(H,19,22)(H,20,23). The number of aryl methyl sites for hydroxylation is 2. The first kappa shape index (κ1) is 18.8. The van der Waals surface area contributed by atoms with Gasteiger partial charge in [0.1, 0.15) is 0 Å². The molecule has 1 aromatic rings. The van der Waals surface area contributed by atoms with Crippen molar-refractivity contribution in [3.05, 3.63) is 29.3 Å². The summed E-state index contributed by atoms with van der Waals surface area (Å²) >= 11 is 0. The zero-order valence-electron chi connectivity index (χ0n) is 14.9. The maximum absolute atomic E-state index is 12.1. The Balaban J connectivity index is 1.82. The van der Waals surface area contributed by atoms with E-state index in [9.17, 15) is 14.4 Å². The van der Waals surface area contributed by atoms with Crippen LogP contribution in [0.15, 0.2) is 18.2 Å². The molecule has 136 valence electrons. The summed E-state index contributed by atoms with van der Waals surface area (Å²) in [6, 6.07) is 5.49. The Labute approximate surface area is 147 Å². The van der Waals surface area contributed by atoms with Crippen LogP contribution in [0.3, 0.4) is 0 Å². The van der Waals surface area contributed by atoms with Gasteiger partial charge < -0.3 is 20.3 Å². The lowest BCUT2D eigenvalue weighted by atomic mass is 10.1. The van der Waals surface area contributed by atoms with E-state index in [1.165, 1.54) is 0 Å². The molecule has 0 unspecified atom stereocenters. The fourth-order valence-corrected chi connectivity index (χ4v) is 2.81. The van der Waals surface area contributed by atoms with E-state index in [0.717, 1.165) is 11.1 Å². The van der Waals surface area contributed by atoms with Gasteiger partial charge in [-0.15, -0.1) is 0 Å². The number of amides is 3. The van der Waals surface area contributed by atoms with Gasteiger partial charge in [0.25, 0.3) is 0 Å². The fourth-order valence-electron chi connectivity index (χ4n) is 2.81. The molecular formula is C18H25N3O4. The first-order valence-electron chi connectivity index (χ1n) is 8.51. The van der Waals surface area contributed by atoms with Crippen molar-refractivity contribution in [1.29, 1.82) is 0 Å². The highest BCUT2D eigenvalue weighted by molar-refractivity contribution is 6.39. The fraction of sp³-hybridized carbons (Fsp3) is 0.500. The van der Waals surface area contributed by atoms with Gasteiger partial charge in [0, 0.05) is 24.8 Å². The van der Waals surface area contributed by atoms with Crippen LogP contribution in [0.4, 0.5) is 10.5 Å². The molecule has 0 aliphatic carbocycles. The van der Waals surface area contributed by atoms with Crippen molar-refractivity contribution in [2.75, 3.05) is 25.0 Å². The second-order valence-electron chi connectivity index (χ2n) is 6.21. The third-order valence-electron chi connectivity index (χ3n) is 4.19. The van der Waals surface area contributed by atoms with Gasteiger partial charge in [-0.3, -0.25) is 9.59 Å². The minimum absolute atomic E-state index is 0.122. The molecule has 3 amide bonds. The summed E-state index contributed by atoms with van der Waals surface area (Å²) in [6.45, 7) is 6.96. The average molecular weight is 347 g/mol. The van der Waals surface area contributed by atoms with Gasteiger partial charge in [0.05, 0.1) is 6.61 Å². The number of rotatable bonds is 3. The minimum atomic E-state index is -0.681. The lowest BCUT2D eigenvalue weighted by Crippen LogP contribution is -2.49. The van der Waals surface area contributed by atoms with Crippen molar-refractivity contribution < 1.29 is 19.1 Å². The van der Waals surface area contributed by atoms with Crippen LogP contribution in [0.25, 0.3) is 0 Å². The quantitative estimate of drug-likeness (QED) is 0.819. The molecule has 7 nitrogen and oxygen atoms in total. The van der Waals surface area contributed by atoms with Gasteiger partial charge in [-0.1, -0.05) is 17.7 Å². The zero-order chi connectivity index (χ0) is 18.4. The largest absolute Gasteiger partial charge is 0.450 e. The van der Waals surface area contributed by atoms with Gasteiger partial charge in [0.15, 0.2) is 0 Å². The molecule has 0 bridgehead atoms. The van der Waals surface area contributed by atoms with Crippen molar-refractivity contribution in [3.8, 4) is 0 Å². The Morgan fingerprint density at radius 3 is 2.44 bits per heavy atom. The predicted molar refractivity (Wildman–Crippen MR) is 94.3 cm³/mol. The number of benzene rings is 1. The minimum Gasteiger partial charge on any atom is -0.450 e. The lowest BCUT2D eigenvalue weighted by molar-refractivity contribution is -0.136. The summed E-state index contributed by atoms with van der Waals surface area (Å²) in [5, 5.41) is 5.37. The average Bonchev–Trinajstić information content (AvgIpc) is 2.58. The third kappa shape index (κ3) is 5.20. The van der Waals surface area contributed by atoms with Crippen LogP contribution < -0.4 is 10.6 Å². The van der Waals surface area contributed by atoms with Crippen molar-refractivity contribution >= 4 is 23.6 Å². The van der Waals surface area contributed by atoms with E-state index in [0.29, 0.717) is 38.2 Å². The summed E-state index contributed by atoms with van der Waals surface area (Å²) in [5.74, 6) is -1.34. The van der Waals surface area contributed by atoms with Crippen LogP contribution in [0.1, 0.15) is 30.9 Å². The number of nitrogens with one attached hydrogen (secondary N) is 2. The molecule has 0 saturated carbocycles. The van der Waals surface area contributed by atoms with E-state index < -0.39 is 11.8 Å². The van der Waals surface area contributed by atoms with Crippen LogP contribution >= 0.6 is 0 Å². The Kier molecular flexibility index (Phi) is 6.38. The molecule has 0 atom stereocenters. The van der Waals surface area contributed by atoms with Crippen LogP contribution in [-0.2, 0) is 14.3 Å². The van der Waals surface area contributed by atoms with E-state index >= 15 is 0 Å². The van der Waals surface area contributed by atoms with Crippen molar-refractivity contribution in [2.24, 2.45) is 0 Å². The van der Waals surface area contributed by atoms with E-state index in [1.54, 1.807) is 17.9 Å². The number of carbonyl (C=O) groups is 3. The molecular weight excluding hydrogens is 322 g/mol. The number of carbonyl (C=O) groups excluding carboxylic acids is 3. The first-order valence-corrected chi connectivity index (χ1v) is 8.51. The summed E-state index contributed by atoms with van der Waals surface area (Å²) in [4.78, 5) is 37.4. The Bertz CT molecular complexity index is 652. The molecule has 1 aliphatic rings. The maximum atomic E-state index is 12.1. The molecule has 1 aromatic carbocycles. The maximum Gasteiger partial charge on any atom is 0.409 e. The number of likely N-dealkylation sites (tertiary alicyclic amines) is 1. The summed E-state index contributed by atoms with van der Waals surface area (Å²) in [5.41, 5.74) is 2.63. The molecule has 1 fully saturated rings. The molecule has 7 heteroatoms. The van der Waals surface area contributed by atoms with E-state index in [4.69, 9.17) is 4.74 Å².